The lowest BCUT2D eigenvalue weighted by atomic mass is 9.85. The van der Waals surface area contributed by atoms with E-state index in [0.717, 1.165) is 25.7 Å². The zero-order valence-corrected chi connectivity index (χ0v) is 13.3. The van der Waals surface area contributed by atoms with Crippen molar-refractivity contribution >= 4 is 11.6 Å². The molecular formula is C17H27N3O. The molecule has 1 aliphatic rings. The highest BCUT2D eigenvalue weighted by Gasteiger charge is 2.25. The summed E-state index contributed by atoms with van der Waals surface area (Å²) in [4.78, 5) is 13.3. The number of primary amides is 1. The van der Waals surface area contributed by atoms with Crippen molar-refractivity contribution < 1.29 is 4.79 Å². The number of rotatable bonds is 5. The Labute approximate surface area is 127 Å². The van der Waals surface area contributed by atoms with Crippen molar-refractivity contribution in [3.8, 4) is 0 Å². The average Bonchev–Trinajstić information content (AvgIpc) is 2.47. The molecule has 1 aromatic rings. The number of carbonyl (C=O) groups is 1. The summed E-state index contributed by atoms with van der Waals surface area (Å²) in [6.07, 6.45) is 3.90. The van der Waals surface area contributed by atoms with Gasteiger partial charge in [-0.25, -0.2) is 0 Å². The summed E-state index contributed by atoms with van der Waals surface area (Å²) in [6.45, 7) is 2.20. The van der Waals surface area contributed by atoms with Gasteiger partial charge < -0.3 is 16.0 Å². The first-order valence-electron chi connectivity index (χ1n) is 7.80. The molecule has 0 heterocycles. The summed E-state index contributed by atoms with van der Waals surface area (Å²) in [5, 5.41) is 3.68. The molecule has 1 fully saturated rings. The maximum absolute atomic E-state index is 11.2. The van der Waals surface area contributed by atoms with E-state index in [9.17, 15) is 4.79 Å². The van der Waals surface area contributed by atoms with Gasteiger partial charge in [-0.05, 0) is 50.3 Å². The Morgan fingerprint density at radius 2 is 1.76 bits per heavy atom. The lowest BCUT2D eigenvalue weighted by molar-refractivity contribution is -0.122. The van der Waals surface area contributed by atoms with Gasteiger partial charge in [0.15, 0.2) is 0 Å². The summed E-state index contributed by atoms with van der Waals surface area (Å²) in [7, 11) is 4.10. The molecule has 1 saturated carbocycles. The molecule has 2 rings (SSSR count). The number of amides is 1. The van der Waals surface area contributed by atoms with Crippen LogP contribution in [0.15, 0.2) is 24.3 Å². The molecule has 4 heteroatoms. The van der Waals surface area contributed by atoms with Crippen molar-refractivity contribution in [2.24, 2.45) is 11.7 Å². The molecule has 1 aliphatic carbocycles. The molecule has 1 aromatic carbocycles. The third-order valence-corrected chi connectivity index (χ3v) is 4.52. The summed E-state index contributed by atoms with van der Waals surface area (Å²) in [5.41, 5.74) is 7.90. The lowest BCUT2D eigenvalue weighted by Gasteiger charge is -2.30. The first kappa shape index (κ1) is 15.8. The van der Waals surface area contributed by atoms with Gasteiger partial charge in [0, 0.05) is 37.8 Å². The van der Waals surface area contributed by atoms with Crippen molar-refractivity contribution in [3.63, 3.8) is 0 Å². The topological polar surface area (TPSA) is 58.4 Å². The van der Waals surface area contributed by atoms with E-state index in [2.05, 4.69) is 41.4 Å². The van der Waals surface area contributed by atoms with Crippen LogP contribution >= 0.6 is 0 Å². The second-order valence-corrected chi connectivity index (χ2v) is 6.33. The Bertz CT molecular complexity index is 461. The molecule has 0 spiro atoms. The molecule has 1 atom stereocenters. The largest absolute Gasteiger partial charge is 0.378 e. The summed E-state index contributed by atoms with van der Waals surface area (Å²) < 4.78 is 0. The van der Waals surface area contributed by atoms with Gasteiger partial charge in [-0.1, -0.05) is 12.1 Å². The van der Waals surface area contributed by atoms with E-state index in [4.69, 9.17) is 5.73 Å². The van der Waals surface area contributed by atoms with Crippen LogP contribution in [0.3, 0.4) is 0 Å². The van der Waals surface area contributed by atoms with Crippen molar-refractivity contribution in [3.05, 3.63) is 29.8 Å². The van der Waals surface area contributed by atoms with Gasteiger partial charge in [-0.3, -0.25) is 4.79 Å². The van der Waals surface area contributed by atoms with Gasteiger partial charge in [0.05, 0.1) is 0 Å². The molecule has 0 aromatic heterocycles. The van der Waals surface area contributed by atoms with E-state index in [1.807, 2.05) is 14.1 Å². The molecule has 4 nitrogen and oxygen atoms in total. The maximum atomic E-state index is 11.2. The first-order valence-corrected chi connectivity index (χ1v) is 7.80. The normalized spacial score (nSPS) is 23.6. The lowest BCUT2D eigenvalue weighted by Crippen LogP contribution is -2.37. The third-order valence-electron chi connectivity index (χ3n) is 4.52. The highest BCUT2D eigenvalue weighted by Crippen LogP contribution is 2.26. The quantitative estimate of drug-likeness (QED) is 0.875. The zero-order valence-electron chi connectivity index (χ0n) is 13.3. The van der Waals surface area contributed by atoms with Gasteiger partial charge in [0.1, 0.15) is 0 Å². The first-order chi connectivity index (χ1) is 9.97. The molecular weight excluding hydrogens is 262 g/mol. The predicted octanol–water partition coefficient (Wildman–Crippen LogP) is 2.45. The molecule has 1 amide bonds. The van der Waals surface area contributed by atoms with E-state index in [1.165, 1.54) is 11.3 Å². The standard InChI is InChI=1S/C17H27N3O/c1-12(13-6-10-16(11-7-13)20(2)3)19-15-8-4-14(5-9-15)17(18)21/h6-7,10-12,14-15,19H,4-5,8-9H2,1-3H3,(H2,18,21). The van der Waals surface area contributed by atoms with Crippen LogP contribution in [0.2, 0.25) is 0 Å². The van der Waals surface area contributed by atoms with Crippen LogP contribution in [-0.4, -0.2) is 26.0 Å². The van der Waals surface area contributed by atoms with Gasteiger partial charge in [-0.15, -0.1) is 0 Å². The molecule has 21 heavy (non-hydrogen) atoms. The van der Waals surface area contributed by atoms with Crippen molar-refractivity contribution in [2.45, 2.75) is 44.7 Å². The van der Waals surface area contributed by atoms with E-state index in [-0.39, 0.29) is 11.8 Å². The zero-order chi connectivity index (χ0) is 15.4. The smallest absolute Gasteiger partial charge is 0.220 e. The van der Waals surface area contributed by atoms with Crippen LogP contribution in [0.5, 0.6) is 0 Å². The molecule has 1 unspecified atom stereocenters. The number of benzene rings is 1. The Morgan fingerprint density at radius 1 is 1.19 bits per heavy atom. The number of nitrogens with one attached hydrogen (secondary N) is 1. The molecule has 0 saturated heterocycles. The average molecular weight is 289 g/mol. The van der Waals surface area contributed by atoms with E-state index < -0.39 is 0 Å². The highest BCUT2D eigenvalue weighted by atomic mass is 16.1. The molecule has 0 bridgehead atoms. The fraction of sp³-hybridized carbons (Fsp3) is 0.588. The Kier molecular flexibility index (Phi) is 5.23. The summed E-state index contributed by atoms with van der Waals surface area (Å²) >= 11 is 0. The highest BCUT2D eigenvalue weighted by molar-refractivity contribution is 5.76. The Hall–Kier alpha value is -1.55. The van der Waals surface area contributed by atoms with Crippen molar-refractivity contribution in [1.29, 1.82) is 0 Å². The SMILES string of the molecule is CC(NC1CCC(C(N)=O)CC1)c1ccc(N(C)C)cc1. The number of hydrogen-bond acceptors (Lipinski definition) is 3. The van der Waals surface area contributed by atoms with Crippen LogP contribution in [0.25, 0.3) is 0 Å². The monoisotopic (exact) mass is 289 g/mol. The van der Waals surface area contributed by atoms with Crippen molar-refractivity contribution in [1.82, 2.24) is 5.32 Å². The van der Waals surface area contributed by atoms with E-state index in [0.29, 0.717) is 12.1 Å². The Morgan fingerprint density at radius 3 is 2.24 bits per heavy atom. The van der Waals surface area contributed by atoms with Gasteiger partial charge in [0.25, 0.3) is 0 Å². The second-order valence-electron chi connectivity index (χ2n) is 6.33. The molecule has 0 radical (unpaired) electrons. The number of nitrogens with two attached hydrogens (primary N) is 1. The minimum absolute atomic E-state index is 0.0812. The minimum Gasteiger partial charge on any atom is -0.378 e. The van der Waals surface area contributed by atoms with Crippen LogP contribution in [0.4, 0.5) is 5.69 Å². The maximum Gasteiger partial charge on any atom is 0.220 e. The van der Waals surface area contributed by atoms with E-state index >= 15 is 0 Å². The van der Waals surface area contributed by atoms with Crippen LogP contribution in [0, 0.1) is 5.92 Å². The van der Waals surface area contributed by atoms with E-state index in [1.54, 1.807) is 0 Å². The van der Waals surface area contributed by atoms with Crippen LogP contribution in [0.1, 0.15) is 44.2 Å². The fourth-order valence-electron chi connectivity index (χ4n) is 3.06. The second kappa shape index (κ2) is 6.94. The number of hydrogen-bond donors (Lipinski definition) is 2. The van der Waals surface area contributed by atoms with Crippen LogP contribution in [-0.2, 0) is 4.79 Å². The summed E-state index contributed by atoms with van der Waals surface area (Å²) in [5.74, 6) is -0.0569. The fourth-order valence-corrected chi connectivity index (χ4v) is 3.06. The number of anilines is 1. The third kappa shape index (κ3) is 4.21. The predicted molar refractivity (Wildman–Crippen MR) is 87.3 cm³/mol. The van der Waals surface area contributed by atoms with Crippen LogP contribution < -0.4 is 16.0 Å². The number of carbonyl (C=O) groups excluding carboxylic acids is 1. The summed E-state index contributed by atoms with van der Waals surface area (Å²) in [6, 6.07) is 9.49. The minimum atomic E-state index is -0.138. The van der Waals surface area contributed by atoms with Gasteiger partial charge in [0.2, 0.25) is 5.91 Å². The van der Waals surface area contributed by atoms with Crippen molar-refractivity contribution in [2.75, 3.05) is 19.0 Å². The van der Waals surface area contributed by atoms with Gasteiger partial charge in [-0.2, -0.15) is 0 Å². The number of nitrogens with zero attached hydrogens (tertiary/aromatic N) is 1. The van der Waals surface area contributed by atoms with Gasteiger partial charge >= 0.3 is 0 Å². The Balaban J connectivity index is 1.87. The molecule has 116 valence electrons. The molecule has 0 aliphatic heterocycles. The molecule has 3 N–H and O–H groups in total.